The number of ether oxygens (including phenoxy) is 1. The van der Waals surface area contributed by atoms with Crippen LogP contribution in [0.4, 0.5) is 0 Å². The van der Waals surface area contributed by atoms with Crippen molar-refractivity contribution in [3.63, 3.8) is 0 Å². The van der Waals surface area contributed by atoms with Crippen LogP contribution in [-0.4, -0.2) is 6.10 Å². The third-order valence-corrected chi connectivity index (χ3v) is 11.7. The summed E-state index contributed by atoms with van der Waals surface area (Å²) >= 11 is 0. The van der Waals surface area contributed by atoms with Gasteiger partial charge in [-0.05, 0) is 131 Å². The zero-order chi connectivity index (χ0) is 35.3. The Morgan fingerprint density at radius 3 is 1.94 bits per heavy atom. The molecule has 1 aromatic heterocycles. The van der Waals surface area contributed by atoms with Crippen LogP contribution in [0.5, 0.6) is 5.75 Å². The molecule has 2 nitrogen and oxygen atoms in total. The molecule has 9 aromatic carbocycles. The van der Waals surface area contributed by atoms with Crippen molar-refractivity contribution in [2.24, 2.45) is 0 Å². The Balaban J connectivity index is 0.908. The molecule has 0 saturated carbocycles. The number of furan rings is 1. The maximum absolute atomic E-state index is 6.61. The predicted molar refractivity (Wildman–Crippen MR) is 225 cm³/mol. The maximum Gasteiger partial charge on any atom is 0.135 e. The Hall–Kier alpha value is -6.90. The molecule has 2 heterocycles. The minimum atomic E-state index is -0.0390. The van der Waals surface area contributed by atoms with E-state index in [2.05, 4.69) is 182 Å². The Morgan fingerprint density at radius 2 is 1.06 bits per heavy atom. The Labute approximate surface area is 311 Å². The van der Waals surface area contributed by atoms with E-state index in [1.807, 2.05) is 0 Å². The molecular weight excluding hydrogens is 657 g/mol. The molecule has 1 aliphatic carbocycles. The highest BCUT2D eigenvalue weighted by Crippen LogP contribution is 2.47. The van der Waals surface area contributed by atoms with Crippen molar-refractivity contribution in [3.05, 3.63) is 193 Å². The highest BCUT2D eigenvalue weighted by Gasteiger charge is 2.34. The zero-order valence-electron chi connectivity index (χ0n) is 29.3. The van der Waals surface area contributed by atoms with Gasteiger partial charge in [-0.3, -0.25) is 0 Å². The first kappa shape index (κ1) is 29.7. The van der Waals surface area contributed by atoms with E-state index in [1.165, 1.54) is 82.0 Å². The molecule has 0 saturated heterocycles. The summed E-state index contributed by atoms with van der Waals surface area (Å²) in [4.78, 5) is 0. The molecule has 2 atom stereocenters. The van der Waals surface area contributed by atoms with Crippen molar-refractivity contribution in [2.45, 2.75) is 12.0 Å². The molecular formula is C52H32O2. The molecule has 252 valence electrons. The highest BCUT2D eigenvalue weighted by atomic mass is 16.5. The molecule has 2 aliphatic rings. The van der Waals surface area contributed by atoms with Crippen LogP contribution in [0.2, 0.25) is 0 Å². The minimum Gasteiger partial charge on any atom is -0.485 e. The molecule has 54 heavy (non-hydrogen) atoms. The van der Waals surface area contributed by atoms with E-state index in [0.29, 0.717) is 0 Å². The first-order valence-electron chi connectivity index (χ1n) is 18.7. The van der Waals surface area contributed by atoms with Crippen LogP contribution in [-0.2, 0) is 0 Å². The average Bonchev–Trinajstić information content (AvgIpc) is 3.78. The van der Waals surface area contributed by atoms with E-state index in [1.54, 1.807) is 0 Å². The van der Waals surface area contributed by atoms with Gasteiger partial charge in [-0.2, -0.15) is 0 Å². The van der Waals surface area contributed by atoms with E-state index in [-0.39, 0.29) is 12.0 Å². The quantitative estimate of drug-likeness (QED) is 0.172. The number of allylic oxidation sites excluding steroid dienone is 2. The lowest BCUT2D eigenvalue weighted by atomic mass is 9.86. The van der Waals surface area contributed by atoms with E-state index in [4.69, 9.17) is 9.15 Å². The normalized spacial score (nSPS) is 16.3. The van der Waals surface area contributed by atoms with Gasteiger partial charge in [0.2, 0.25) is 0 Å². The van der Waals surface area contributed by atoms with Gasteiger partial charge in [0.15, 0.2) is 0 Å². The lowest BCUT2D eigenvalue weighted by Crippen LogP contribution is -2.16. The summed E-state index contributed by atoms with van der Waals surface area (Å²) in [5, 5.41) is 12.3. The van der Waals surface area contributed by atoms with Crippen LogP contribution >= 0.6 is 0 Å². The van der Waals surface area contributed by atoms with Crippen molar-refractivity contribution >= 4 is 70.6 Å². The fourth-order valence-electron chi connectivity index (χ4n) is 9.00. The lowest BCUT2D eigenvalue weighted by Gasteiger charge is -2.19. The number of fused-ring (bicyclic) bond motifs is 11. The topological polar surface area (TPSA) is 22.4 Å². The first-order chi connectivity index (χ1) is 26.7. The fourth-order valence-corrected chi connectivity index (χ4v) is 9.00. The lowest BCUT2D eigenvalue weighted by molar-refractivity contribution is 0.269. The van der Waals surface area contributed by atoms with Crippen LogP contribution < -0.4 is 4.74 Å². The minimum absolute atomic E-state index is 0.0390. The van der Waals surface area contributed by atoms with Gasteiger partial charge in [0.1, 0.15) is 23.0 Å². The van der Waals surface area contributed by atoms with E-state index in [9.17, 15) is 0 Å². The van der Waals surface area contributed by atoms with Gasteiger partial charge in [0.25, 0.3) is 0 Å². The molecule has 12 rings (SSSR count). The van der Waals surface area contributed by atoms with Crippen molar-refractivity contribution in [3.8, 4) is 28.0 Å². The van der Waals surface area contributed by atoms with E-state index < -0.39 is 0 Å². The zero-order valence-corrected chi connectivity index (χ0v) is 29.3. The van der Waals surface area contributed by atoms with Crippen LogP contribution in [0.15, 0.2) is 186 Å². The molecule has 0 radical (unpaired) electrons. The Bertz CT molecular complexity index is 3270. The second-order valence-electron chi connectivity index (χ2n) is 14.8. The van der Waals surface area contributed by atoms with Gasteiger partial charge in [0, 0.05) is 22.3 Å². The van der Waals surface area contributed by atoms with Crippen molar-refractivity contribution in [1.29, 1.82) is 0 Å². The smallest absolute Gasteiger partial charge is 0.135 e. The SMILES string of the molecule is C1=CC2Oc3cc4c(cc3C2C=C1c1ccc2ccc(-c3cc5ccccc5c5ccccc35)cc2c1)oc1ccc(-c2ccc3ccccc3c2)cc14. The summed E-state index contributed by atoms with van der Waals surface area (Å²) in [6, 6.07) is 59.6. The predicted octanol–water partition coefficient (Wildman–Crippen LogP) is 14.0. The number of hydrogen-bond acceptors (Lipinski definition) is 2. The fraction of sp³-hybridized carbons (Fsp3) is 0.0385. The summed E-state index contributed by atoms with van der Waals surface area (Å²) in [6.45, 7) is 0. The molecule has 10 aromatic rings. The van der Waals surface area contributed by atoms with Crippen LogP contribution in [0.1, 0.15) is 17.0 Å². The average molecular weight is 689 g/mol. The van der Waals surface area contributed by atoms with Crippen molar-refractivity contribution < 1.29 is 9.15 Å². The van der Waals surface area contributed by atoms with Gasteiger partial charge in [-0.25, -0.2) is 0 Å². The summed E-state index contributed by atoms with van der Waals surface area (Å²) in [5.41, 5.74) is 10.2. The number of hydrogen-bond donors (Lipinski definition) is 0. The second-order valence-corrected chi connectivity index (χ2v) is 14.8. The standard InChI is InChI=1S/C52H32O2/c1-2-8-33-23-34(16-13-31(33)7-1)36-19-21-49-45(26-36)47-29-52-48(30-51(47)53-49)46-27-37(20-22-50(46)54-52)35-17-14-32-15-18-39(25-40(32)24-35)44-28-38-9-3-4-10-41(38)42-11-5-6-12-43(42)44/h1-30,46,50H. The maximum atomic E-state index is 6.61. The van der Waals surface area contributed by atoms with Gasteiger partial charge < -0.3 is 9.15 Å². The third kappa shape index (κ3) is 4.53. The summed E-state index contributed by atoms with van der Waals surface area (Å²) in [7, 11) is 0. The van der Waals surface area contributed by atoms with E-state index in [0.717, 1.165) is 27.7 Å². The van der Waals surface area contributed by atoms with Crippen LogP contribution in [0.3, 0.4) is 0 Å². The van der Waals surface area contributed by atoms with Gasteiger partial charge in [0.05, 0.1) is 0 Å². The van der Waals surface area contributed by atoms with Crippen LogP contribution in [0.25, 0.3) is 92.9 Å². The molecule has 2 heteroatoms. The summed E-state index contributed by atoms with van der Waals surface area (Å²) in [6.07, 6.45) is 6.79. The largest absolute Gasteiger partial charge is 0.485 e. The van der Waals surface area contributed by atoms with Gasteiger partial charge in [-0.15, -0.1) is 0 Å². The first-order valence-corrected chi connectivity index (χ1v) is 18.7. The molecule has 0 bridgehead atoms. The number of benzene rings is 9. The molecule has 0 fully saturated rings. The molecule has 0 amide bonds. The van der Waals surface area contributed by atoms with Gasteiger partial charge >= 0.3 is 0 Å². The van der Waals surface area contributed by atoms with Crippen LogP contribution in [0, 0.1) is 0 Å². The monoisotopic (exact) mass is 688 g/mol. The molecule has 0 spiro atoms. The van der Waals surface area contributed by atoms with Crippen molar-refractivity contribution in [2.75, 3.05) is 0 Å². The Kier molecular flexibility index (Phi) is 6.20. The second kappa shape index (κ2) is 11.3. The third-order valence-electron chi connectivity index (χ3n) is 11.7. The Morgan fingerprint density at radius 1 is 0.407 bits per heavy atom. The van der Waals surface area contributed by atoms with Crippen molar-refractivity contribution in [1.82, 2.24) is 0 Å². The van der Waals surface area contributed by atoms with E-state index >= 15 is 0 Å². The molecule has 1 aliphatic heterocycles. The summed E-state index contributed by atoms with van der Waals surface area (Å²) < 4.78 is 13.1. The summed E-state index contributed by atoms with van der Waals surface area (Å²) in [5.74, 6) is 1.04. The molecule has 0 N–H and O–H groups in total. The number of rotatable bonds is 3. The molecule has 2 unspecified atom stereocenters. The highest BCUT2D eigenvalue weighted by molar-refractivity contribution is 6.14. The van der Waals surface area contributed by atoms with Gasteiger partial charge in [-0.1, -0.05) is 127 Å².